The first kappa shape index (κ1) is 10.6. The van der Waals surface area contributed by atoms with Gasteiger partial charge in [0.15, 0.2) is 0 Å². The van der Waals surface area contributed by atoms with Crippen LogP contribution in [0.25, 0.3) is 11.5 Å². The summed E-state index contributed by atoms with van der Waals surface area (Å²) in [6.07, 6.45) is 1.55. The fourth-order valence-electron chi connectivity index (χ4n) is 1.19. The molecule has 0 aliphatic heterocycles. The van der Waals surface area contributed by atoms with Crippen molar-refractivity contribution in [2.75, 3.05) is 7.05 Å². The highest BCUT2D eigenvalue weighted by Crippen LogP contribution is 2.18. The second-order valence-corrected chi connectivity index (χ2v) is 3.40. The molecular formula is C10H12N4O2. The van der Waals surface area contributed by atoms with Crippen molar-refractivity contribution in [1.29, 1.82) is 0 Å². The predicted molar refractivity (Wildman–Crippen MR) is 57.8 cm³/mol. The molecule has 2 heterocycles. The SMILES string of the molecule is CNC(C)c1nnc(-c2ccc(=O)[nH]c2)o1. The Labute approximate surface area is 91.7 Å². The summed E-state index contributed by atoms with van der Waals surface area (Å²) in [6.45, 7) is 1.92. The van der Waals surface area contributed by atoms with E-state index in [2.05, 4.69) is 20.5 Å². The second-order valence-electron chi connectivity index (χ2n) is 3.40. The van der Waals surface area contributed by atoms with Crippen LogP contribution >= 0.6 is 0 Å². The number of rotatable bonds is 3. The first-order valence-corrected chi connectivity index (χ1v) is 4.90. The zero-order chi connectivity index (χ0) is 11.5. The molecule has 0 fully saturated rings. The predicted octanol–water partition coefficient (Wildman–Crippen LogP) is 0.705. The maximum atomic E-state index is 10.9. The van der Waals surface area contributed by atoms with Gasteiger partial charge in [-0.2, -0.15) is 0 Å². The van der Waals surface area contributed by atoms with Crippen LogP contribution in [0, 0.1) is 0 Å². The van der Waals surface area contributed by atoms with Crippen LogP contribution < -0.4 is 10.9 Å². The van der Waals surface area contributed by atoms with Gasteiger partial charge in [0.25, 0.3) is 0 Å². The Kier molecular flexibility index (Phi) is 2.82. The van der Waals surface area contributed by atoms with Crippen LogP contribution in [-0.2, 0) is 0 Å². The Hall–Kier alpha value is -1.95. The molecule has 1 atom stereocenters. The van der Waals surface area contributed by atoms with Crippen molar-refractivity contribution in [2.24, 2.45) is 0 Å². The van der Waals surface area contributed by atoms with E-state index in [0.717, 1.165) is 0 Å². The molecule has 0 aliphatic rings. The number of nitrogens with zero attached hydrogens (tertiary/aromatic N) is 2. The Morgan fingerprint density at radius 3 is 2.88 bits per heavy atom. The molecule has 0 radical (unpaired) electrons. The molecule has 2 N–H and O–H groups in total. The lowest BCUT2D eigenvalue weighted by molar-refractivity contribution is 0.441. The summed E-state index contributed by atoms with van der Waals surface area (Å²) in [5, 5.41) is 10.8. The van der Waals surface area contributed by atoms with Crippen molar-refractivity contribution >= 4 is 0 Å². The molecule has 0 saturated carbocycles. The van der Waals surface area contributed by atoms with Crippen LogP contribution in [0.2, 0.25) is 0 Å². The lowest BCUT2D eigenvalue weighted by Crippen LogP contribution is -2.12. The first-order chi connectivity index (χ1) is 7.70. The average Bonchev–Trinajstić information content (AvgIpc) is 2.78. The van der Waals surface area contributed by atoms with Crippen LogP contribution in [0.1, 0.15) is 18.9 Å². The van der Waals surface area contributed by atoms with Crippen LogP contribution in [0.5, 0.6) is 0 Å². The van der Waals surface area contributed by atoms with E-state index < -0.39 is 0 Å². The van der Waals surface area contributed by atoms with Crippen molar-refractivity contribution < 1.29 is 4.42 Å². The minimum atomic E-state index is -0.160. The smallest absolute Gasteiger partial charge is 0.249 e. The third-order valence-electron chi connectivity index (χ3n) is 2.28. The lowest BCUT2D eigenvalue weighted by atomic mass is 10.3. The summed E-state index contributed by atoms with van der Waals surface area (Å²) in [4.78, 5) is 13.4. The molecule has 6 heteroatoms. The quantitative estimate of drug-likeness (QED) is 0.795. The van der Waals surface area contributed by atoms with Crippen LogP contribution in [0.15, 0.2) is 27.5 Å². The maximum absolute atomic E-state index is 10.9. The van der Waals surface area contributed by atoms with Crippen LogP contribution in [-0.4, -0.2) is 22.2 Å². The van der Waals surface area contributed by atoms with Crippen molar-refractivity contribution in [3.63, 3.8) is 0 Å². The lowest BCUT2D eigenvalue weighted by Gasteiger charge is -2.02. The monoisotopic (exact) mass is 220 g/mol. The third kappa shape index (κ3) is 2.01. The zero-order valence-electron chi connectivity index (χ0n) is 9.02. The largest absolute Gasteiger partial charge is 0.419 e. The number of H-pyrrole nitrogens is 1. The standard InChI is InChI=1S/C10H12N4O2/c1-6(11-2)9-13-14-10(16-9)7-3-4-8(15)12-5-7/h3-6,11H,1-2H3,(H,12,15). The number of aromatic amines is 1. The van der Waals surface area contributed by atoms with Gasteiger partial charge < -0.3 is 14.7 Å². The van der Waals surface area contributed by atoms with E-state index in [1.165, 1.54) is 6.07 Å². The molecule has 2 aromatic rings. The van der Waals surface area contributed by atoms with E-state index in [9.17, 15) is 4.79 Å². The summed E-state index contributed by atoms with van der Waals surface area (Å²) in [6, 6.07) is 3.06. The number of hydrogen-bond donors (Lipinski definition) is 2. The van der Waals surface area contributed by atoms with Gasteiger partial charge in [-0.05, 0) is 20.0 Å². The van der Waals surface area contributed by atoms with Gasteiger partial charge in [0.05, 0.1) is 11.6 Å². The fourth-order valence-corrected chi connectivity index (χ4v) is 1.19. The minimum Gasteiger partial charge on any atom is -0.419 e. The maximum Gasteiger partial charge on any atom is 0.249 e. The molecule has 0 saturated heterocycles. The van der Waals surface area contributed by atoms with E-state index in [1.807, 2.05) is 14.0 Å². The molecule has 0 amide bonds. The van der Waals surface area contributed by atoms with E-state index >= 15 is 0 Å². The van der Waals surface area contributed by atoms with E-state index in [1.54, 1.807) is 12.3 Å². The fraction of sp³-hybridized carbons (Fsp3) is 0.300. The number of nitrogens with one attached hydrogen (secondary N) is 2. The normalized spacial score (nSPS) is 12.6. The molecule has 1 unspecified atom stereocenters. The van der Waals surface area contributed by atoms with E-state index in [0.29, 0.717) is 17.3 Å². The average molecular weight is 220 g/mol. The summed E-state index contributed by atoms with van der Waals surface area (Å²) in [5.74, 6) is 0.914. The molecular weight excluding hydrogens is 208 g/mol. The molecule has 6 nitrogen and oxygen atoms in total. The highest BCUT2D eigenvalue weighted by Gasteiger charge is 2.12. The molecule has 0 aliphatic carbocycles. The molecule has 0 bridgehead atoms. The van der Waals surface area contributed by atoms with Gasteiger partial charge in [-0.3, -0.25) is 4.79 Å². The summed E-state index contributed by atoms with van der Waals surface area (Å²) in [7, 11) is 1.81. The summed E-state index contributed by atoms with van der Waals surface area (Å²) < 4.78 is 5.46. The molecule has 2 aromatic heterocycles. The molecule has 2 rings (SSSR count). The van der Waals surface area contributed by atoms with Crippen molar-refractivity contribution in [3.05, 3.63) is 34.6 Å². The Morgan fingerprint density at radius 1 is 1.44 bits per heavy atom. The van der Waals surface area contributed by atoms with Gasteiger partial charge >= 0.3 is 0 Å². The molecule has 0 aromatic carbocycles. The Bertz CT molecular complexity index is 511. The summed E-state index contributed by atoms with van der Waals surface area (Å²) >= 11 is 0. The topological polar surface area (TPSA) is 83.8 Å². The van der Waals surface area contributed by atoms with E-state index in [4.69, 9.17) is 4.42 Å². The third-order valence-corrected chi connectivity index (χ3v) is 2.28. The Balaban J connectivity index is 2.31. The van der Waals surface area contributed by atoms with Crippen LogP contribution in [0.3, 0.4) is 0 Å². The van der Waals surface area contributed by atoms with Gasteiger partial charge in [0.2, 0.25) is 17.3 Å². The van der Waals surface area contributed by atoms with Gasteiger partial charge in [-0.25, -0.2) is 0 Å². The Morgan fingerprint density at radius 2 is 2.25 bits per heavy atom. The van der Waals surface area contributed by atoms with Crippen molar-refractivity contribution in [2.45, 2.75) is 13.0 Å². The molecule has 84 valence electrons. The molecule has 16 heavy (non-hydrogen) atoms. The highest BCUT2D eigenvalue weighted by atomic mass is 16.4. The van der Waals surface area contributed by atoms with Crippen LogP contribution in [0.4, 0.5) is 0 Å². The minimum absolute atomic E-state index is 0.00371. The van der Waals surface area contributed by atoms with Gasteiger partial charge in [0.1, 0.15) is 0 Å². The van der Waals surface area contributed by atoms with Gasteiger partial charge in [-0.15, -0.1) is 10.2 Å². The summed E-state index contributed by atoms with van der Waals surface area (Å²) in [5.41, 5.74) is 0.536. The number of hydrogen-bond acceptors (Lipinski definition) is 5. The highest BCUT2D eigenvalue weighted by molar-refractivity contribution is 5.49. The second kappa shape index (κ2) is 4.28. The molecule has 0 spiro atoms. The van der Waals surface area contributed by atoms with Gasteiger partial charge in [-0.1, -0.05) is 0 Å². The van der Waals surface area contributed by atoms with Crippen molar-refractivity contribution in [3.8, 4) is 11.5 Å². The first-order valence-electron chi connectivity index (χ1n) is 4.90. The van der Waals surface area contributed by atoms with Gasteiger partial charge in [0, 0.05) is 12.3 Å². The van der Waals surface area contributed by atoms with E-state index in [-0.39, 0.29) is 11.6 Å². The van der Waals surface area contributed by atoms with Crippen molar-refractivity contribution in [1.82, 2.24) is 20.5 Å². The zero-order valence-corrected chi connectivity index (χ0v) is 9.02. The number of pyridine rings is 1. The number of aromatic nitrogens is 3.